The molecule has 0 aromatic rings. The average molecular weight is 344 g/mol. The zero-order valence-electron chi connectivity index (χ0n) is 14.2. The lowest BCUT2D eigenvalue weighted by atomic mass is 10.2. The summed E-state index contributed by atoms with van der Waals surface area (Å²) in [4.78, 5) is 4.15. The molecule has 1 saturated heterocycles. The Balaban J connectivity index is 1.79. The SMILES string of the molecule is CN=C(NCCS(=O)(=O)N1CC(C)OC(C)C1)NC1CC=CC1. The van der Waals surface area contributed by atoms with E-state index in [2.05, 4.69) is 27.8 Å². The molecule has 2 unspecified atom stereocenters. The first kappa shape index (κ1) is 18.2. The van der Waals surface area contributed by atoms with Gasteiger partial charge in [0.25, 0.3) is 0 Å². The lowest BCUT2D eigenvalue weighted by molar-refractivity contribution is -0.0440. The minimum atomic E-state index is -3.28. The van der Waals surface area contributed by atoms with Gasteiger partial charge in [0.15, 0.2) is 5.96 Å². The van der Waals surface area contributed by atoms with E-state index >= 15 is 0 Å². The monoisotopic (exact) mass is 344 g/mol. The summed E-state index contributed by atoms with van der Waals surface area (Å²) in [5.41, 5.74) is 0. The number of guanidine groups is 1. The first-order chi connectivity index (χ1) is 10.9. The average Bonchev–Trinajstić information content (AvgIpc) is 2.98. The smallest absolute Gasteiger partial charge is 0.216 e. The molecule has 0 aromatic carbocycles. The van der Waals surface area contributed by atoms with Crippen LogP contribution in [0.5, 0.6) is 0 Å². The zero-order chi connectivity index (χ0) is 16.9. The van der Waals surface area contributed by atoms with E-state index in [9.17, 15) is 8.42 Å². The van der Waals surface area contributed by atoms with Crippen LogP contribution in [0.15, 0.2) is 17.1 Å². The van der Waals surface area contributed by atoms with Crippen LogP contribution in [-0.2, 0) is 14.8 Å². The molecule has 0 bridgehead atoms. The van der Waals surface area contributed by atoms with Crippen LogP contribution in [0.3, 0.4) is 0 Å². The predicted octanol–water partition coefficient (Wildman–Crippen LogP) is 0.309. The van der Waals surface area contributed by atoms with Crippen LogP contribution in [0, 0.1) is 0 Å². The molecule has 1 aliphatic carbocycles. The highest BCUT2D eigenvalue weighted by molar-refractivity contribution is 7.89. The molecule has 2 N–H and O–H groups in total. The number of nitrogens with zero attached hydrogens (tertiary/aromatic N) is 2. The second-order valence-corrected chi connectivity index (χ2v) is 8.26. The molecule has 1 fully saturated rings. The number of nitrogens with one attached hydrogen (secondary N) is 2. The zero-order valence-corrected chi connectivity index (χ0v) is 15.0. The number of hydrogen-bond acceptors (Lipinski definition) is 4. The van der Waals surface area contributed by atoms with Crippen molar-refractivity contribution in [2.24, 2.45) is 4.99 Å². The van der Waals surface area contributed by atoms with Crippen molar-refractivity contribution in [3.63, 3.8) is 0 Å². The number of hydrogen-bond donors (Lipinski definition) is 2. The van der Waals surface area contributed by atoms with Gasteiger partial charge < -0.3 is 15.4 Å². The Morgan fingerprint density at radius 3 is 2.43 bits per heavy atom. The van der Waals surface area contributed by atoms with Crippen molar-refractivity contribution in [1.29, 1.82) is 0 Å². The highest BCUT2D eigenvalue weighted by atomic mass is 32.2. The maximum atomic E-state index is 12.5. The maximum Gasteiger partial charge on any atom is 0.216 e. The Hall–Kier alpha value is -1.12. The number of rotatable bonds is 5. The molecule has 1 aliphatic heterocycles. The van der Waals surface area contributed by atoms with Crippen LogP contribution in [0.1, 0.15) is 26.7 Å². The Morgan fingerprint density at radius 2 is 1.87 bits per heavy atom. The van der Waals surface area contributed by atoms with Crippen molar-refractivity contribution in [2.45, 2.75) is 44.9 Å². The van der Waals surface area contributed by atoms with E-state index in [4.69, 9.17) is 4.74 Å². The standard InChI is InChI=1S/C15H28N4O3S/c1-12-10-19(11-13(2)22-12)23(20,21)9-8-17-15(16-3)18-14-6-4-5-7-14/h4-5,12-14H,6-11H2,1-3H3,(H2,16,17,18). The second-order valence-electron chi connectivity index (χ2n) is 6.17. The van der Waals surface area contributed by atoms with Crippen molar-refractivity contribution in [1.82, 2.24) is 14.9 Å². The van der Waals surface area contributed by atoms with E-state index in [1.165, 1.54) is 4.31 Å². The van der Waals surface area contributed by atoms with Gasteiger partial charge in [0.1, 0.15) is 0 Å². The van der Waals surface area contributed by atoms with Crippen molar-refractivity contribution >= 4 is 16.0 Å². The predicted molar refractivity (Wildman–Crippen MR) is 92.0 cm³/mol. The van der Waals surface area contributed by atoms with Crippen LogP contribution >= 0.6 is 0 Å². The van der Waals surface area contributed by atoms with Crippen molar-refractivity contribution in [3.8, 4) is 0 Å². The van der Waals surface area contributed by atoms with E-state index < -0.39 is 10.0 Å². The molecule has 0 saturated carbocycles. The van der Waals surface area contributed by atoms with Crippen LogP contribution in [-0.4, -0.2) is 69.4 Å². The summed E-state index contributed by atoms with van der Waals surface area (Å²) in [6, 6.07) is 0.346. The summed E-state index contributed by atoms with van der Waals surface area (Å²) >= 11 is 0. The third kappa shape index (κ3) is 5.47. The summed E-state index contributed by atoms with van der Waals surface area (Å²) in [5.74, 6) is 0.702. The largest absolute Gasteiger partial charge is 0.373 e. The third-order valence-corrected chi connectivity index (χ3v) is 5.81. The van der Waals surface area contributed by atoms with Gasteiger partial charge in [0, 0.05) is 32.7 Å². The fraction of sp³-hybridized carbons (Fsp3) is 0.800. The molecule has 2 atom stereocenters. The molecule has 0 amide bonds. The minimum Gasteiger partial charge on any atom is -0.373 e. The van der Waals surface area contributed by atoms with Gasteiger partial charge >= 0.3 is 0 Å². The van der Waals surface area contributed by atoms with Crippen molar-refractivity contribution < 1.29 is 13.2 Å². The van der Waals surface area contributed by atoms with E-state index in [0.717, 1.165) is 12.8 Å². The van der Waals surface area contributed by atoms with Gasteiger partial charge in [-0.25, -0.2) is 8.42 Å². The Morgan fingerprint density at radius 1 is 1.26 bits per heavy atom. The number of sulfonamides is 1. The molecule has 2 aliphatic rings. The molecular formula is C15H28N4O3S. The fourth-order valence-corrected chi connectivity index (χ4v) is 4.40. The van der Waals surface area contributed by atoms with Gasteiger partial charge in [-0.2, -0.15) is 4.31 Å². The molecule has 1 heterocycles. The third-order valence-electron chi connectivity index (χ3n) is 4.00. The summed E-state index contributed by atoms with van der Waals surface area (Å²) < 4.78 is 32.0. The van der Waals surface area contributed by atoms with Crippen molar-refractivity contribution in [2.75, 3.05) is 32.4 Å². The molecule has 0 aromatic heterocycles. The number of morpholine rings is 1. The quantitative estimate of drug-likeness (QED) is 0.426. The molecule has 0 spiro atoms. The second kappa shape index (κ2) is 8.12. The first-order valence-electron chi connectivity index (χ1n) is 8.16. The lowest BCUT2D eigenvalue weighted by Crippen LogP contribution is -2.50. The molecular weight excluding hydrogens is 316 g/mol. The van der Waals surface area contributed by atoms with Crippen molar-refractivity contribution in [3.05, 3.63) is 12.2 Å². The summed E-state index contributed by atoms with van der Waals surface area (Å²) in [6.07, 6.45) is 6.09. The van der Waals surface area contributed by atoms with Crippen LogP contribution in [0.2, 0.25) is 0 Å². The van der Waals surface area contributed by atoms with Gasteiger partial charge in [0.05, 0.1) is 18.0 Å². The summed E-state index contributed by atoms with van der Waals surface area (Å²) in [5, 5.41) is 6.38. The van der Waals surface area contributed by atoms with Gasteiger partial charge in [-0.1, -0.05) is 12.2 Å². The van der Waals surface area contributed by atoms with E-state index in [1.807, 2.05) is 13.8 Å². The molecule has 132 valence electrons. The first-order valence-corrected chi connectivity index (χ1v) is 9.77. The molecule has 23 heavy (non-hydrogen) atoms. The van der Waals surface area contributed by atoms with Gasteiger partial charge in [0.2, 0.25) is 10.0 Å². The Bertz CT molecular complexity index is 529. The maximum absolute atomic E-state index is 12.5. The normalized spacial score (nSPS) is 27.3. The summed E-state index contributed by atoms with van der Waals surface area (Å²) in [6.45, 7) is 4.98. The van der Waals surface area contributed by atoms with Crippen LogP contribution < -0.4 is 10.6 Å². The highest BCUT2D eigenvalue weighted by Gasteiger charge is 2.30. The molecule has 2 rings (SSSR count). The topological polar surface area (TPSA) is 83.0 Å². The fourth-order valence-electron chi connectivity index (χ4n) is 2.91. The summed E-state index contributed by atoms with van der Waals surface area (Å²) in [7, 11) is -1.59. The van der Waals surface area contributed by atoms with Gasteiger partial charge in [-0.15, -0.1) is 0 Å². The number of aliphatic imine (C=N–C) groups is 1. The van der Waals surface area contributed by atoms with Crippen LogP contribution in [0.4, 0.5) is 0 Å². The molecule has 8 heteroatoms. The molecule has 0 radical (unpaired) electrons. The van der Waals surface area contributed by atoms with Gasteiger partial charge in [-0.05, 0) is 26.7 Å². The number of ether oxygens (including phenoxy) is 1. The lowest BCUT2D eigenvalue weighted by Gasteiger charge is -2.34. The van der Waals surface area contributed by atoms with E-state index in [0.29, 0.717) is 31.6 Å². The Labute approximate surface area is 139 Å². The minimum absolute atomic E-state index is 0.0516. The van der Waals surface area contributed by atoms with Crippen LogP contribution in [0.25, 0.3) is 0 Å². The van der Waals surface area contributed by atoms with E-state index in [1.54, 1.807) is 7.05 Å². The van der Waals surface area contributed by atoms with E-state index in [-0.39, 0.29) is 18.0 Å². The Kier molecular flexibility index (Phi) is 6.43. The van der Waals surface area contributed by atoms with Gasteiger partial charge in [-0.3, -0.25) is 4.99 Å². The highest BCUT2D eigenvalue weighted by Crippen LogP contribution is 2.14. The molecule has 7 nitrogen and oxygen atoms in total.